The minimum absolute atomic E-state index is 0.245. The molecule has 0 amide bonds. The molecule has 0 aliphatic rings. The summed E-state index contributed by atoms with van der Waals surface area (Å²) >= 11 is 0. The van der Waals surface area contributed by atoms with Crippen LogP contribution in [0.15, 0.2) is 18.6 Å². The molecule has 0 saturated carbocycles. The molecule has 1 heterocycles. The Hall–Kier alpha value is -1.85. The summed E-state index contributed by atoms with van der Waals surface area (Å²) in [5.41, 5.74) is -0.245. The fraction of sp³-hybridized carbons (Fsp3) is 0.143. The lowest BCUT2D eigenvalue weighted by Crippen LogP contribution is -2.26. The average molecular weight is 184 g/mol. The van der Waals surface area contributed by atoms with Crippen molar-refractivity contribution in [1.29, 1.82) is 0 Å². The summed E-state index contributed by atoms with van der Waals surface area (Å²) in [6.07, 6.45) is -0.286. The van der Waals surface area contributed by atoms with Crippen molar-refractivity contribution in [3.63, 3.8) is 0 Å². The van der Waals surface area contributed by atoms with E-state index >= 15 is 0 Å². The third-order valence-electron chi connectivity index (χ3n) is 1.28. The third-order valence-corrected chi connectivity index (χ3v) is 1.28. The zero-order valence-corrected chi connectivity index (χ0v) is 6.35. The van der Waals surface area contributed by atoms with Crippen LogP contribution in [0.1, 0.15) is 10.5 Å². The minimum atomic E-state index is -2.56. The topological polar surface area (TPSA) is 80.1 Å². The summed E-state index contributed by atoms with van der Waals surface area (Å²) in [4.78, 5) is 27.9. The predicted octanol–water partition coefficient (Wildman–Crippen LogP) is 0.0820. The Morgan fingerprint density at radius 3 is 2.69 bits per heavy atom. The molecule has 0 bridgehead atoms. The quantitative estimate of drug-likeness (QED) is 0.531. The Morgan fingerprint density at radius 1 is 1.54 bits per heavy atom. The van der Waals surface area contributed by atoms with E-state index in [4.69, 9.17) is 5.11 Å². The number of Topliss-reactive ketones (excluding diaryl/α,β-unsaturated/α-hetero) is 1. The molecule has 1 aromatic heterocycles. The second-order valence-electron chi connectivity index (χ2n) is 2.16. The molecule has 0 aliphatic heterocycles. The van der Waals surface area contributed by atoms with E-state index < -0.39 is 17.9 Å². The van der Waals surface area contributed by atoms with E-state index in [1.165, 1.54) is 6.20 Å². The minimum Gasteiger partial charge on any atom is -0.479 e. The Morgan fingerprint density at radius 2 is 2.23 bits per heavy atom. The summed E-state index contributed by atoms with van der Waals surface area (Å²) in [6, 6.07) is 1.15. The lowest BCUT2D eigenvalue weighted by atomic mass is 10.2. The molecule has 1 N–H and O–H groups in total. The van der Waals surface area contributed by atoms with Gasteiger partial charge in [0, 0.05) is 6.20 Å². The SMILES string of the molecule is O=C(O)C(F)C(=O)c1ccncn1. The molecule has 5 nitrogen and oxygen atoms in total. The fourth-order valence-corrected chi connectivity index (χ4v) is 0.678. The van der Waals surface area contributed by atoms with E-state index in [9.17, 15) is 14.0 Å². The molecule has 1 unspecified atom stereocenters. The molecule has 0 fully saturated rings. The zero-order valence-electron chi connectivity index (χ0n) is 6.35. The summed E-state index contributed by atoms with van der Waals surface area (Å²) in [6.45, 7) is 0. The number of carbonyl (C=O) groups excluding carboxylic acids is 1. The van der Waals surface area contributed by atoms with Gasteiger partial charge in [-0.25, -0.2) is 19.2 Å². The van der Waals surface area contributed by atoms with Crippen molar-refractivity contribution in [2.75, 3.05) is 0 Å². The number of carbonyl (C=O) groups is 2. The van der Waals surface area contributed by atoms with Gasteiger partial charge in [-0.05, 0) is 6.07 Å². The van der Waals surface area contributed by atoms with Gasteiger partial charge in [0.15, 0.2) is 0 Å². The highest BCUT2D eigenvalue weighted by atomic mass is 19.1. The van der Waals surface area contributed by atoms with Gasteiger partial charge in [0.2, 0.25) is 5.78 Å². The van der Waals surface area contributed by atoms with Crippen molar-refractivity contribution in [3.8, 4) is 0 Å². The van der Waals surface area contributed by atoms with Crippen LogP contribution in [0.2, 0.25) is 0 Å². The van der Waals surface area contributed by atoms with Crippen molar-refractivity contribution in [3.05, 3.63) is 24.3 Å². The maximum absolute atomic E-state index is 12.6. The van der Waals surface area contributed by atoms with E-state index in [0.717, 1.165) is 12.4 Å². The monoisotopic (exact) mass is 184 g/mol. The van der Waals surface area contributed by atoms with Crippen molar-refractivity contribution in [1.82, 2.24) is 9.97 Å². The highest BCUT2D eigenvalue weighted by molar-refractivity contribution is 6.09. The molecule has 13 heavy (non-hydrogen) atoms. The van der Waals surface area contributed by atoms with Crippen LogP contribution in [0.25, 0.3) is 0 Å². The lowest BCUT2D eigenvalue weighted by Gasteiger charge is -1.99. The first-order chi connectivity index (χ1) is 6.13. The summed E-state index contributed by atoms with van der Waals surface area (Å²) in [5, 5.41) is 8.17. The van der Waals surface area contributed by atoms with Gasteiger partial charge in [0.1, 0.15) is 12.0 Å². The van der Waals surface area contributed by atoms with Gasteiger partial charge in [-0.2, -0.15) is 0 Å². The second-order valence-corrected chi connectivity index (χ2v) is 2.16. The predicted molar refractivity (Wildman–Crippen MR) is 38.9 cm³/mol. The van der Waals surface area contributed by atoms with E-state index in [1.807, 2.05) is 0 Å². The summed E-state index contributed by atoms with van der Waals surface area (Å²) < 4.78 is 12.6. The van der Waals surface area contributed by atoms with Crippen LogP contribution in [0.4, 0.5) is 4.39 Å². The largest absolute Gasteiger partial charge is 0.479 e. The van der Waals surface area contributed by atoms with Crippen LogP contribution in [-0.2, 0) is 4.79 Å². The second kappa shape index (κ2) is 3.70. The molecule has 0 aromatic carbocycles. The number of carboxylic acids is 1. The van der Waals surface area contributed by atoms with Crippen LogP contribution in [0, 0.1) is 0 Å². The summed E-state index contributed by atoms with van der Waals surface area (Å²) in [7, 11) is 0. The van der Waals surface area contributed by atoms with E-state index in [0.29, 0.717) is 0 Å². The molecule has 0 spiro atoms. The van der Waals surface area contributed by atoms with E-state index in [2.05, 4.69) is 9.97 Å². The molecule has 0 saturated heterocycles. The number of halogens is 1. The molecule has 68 valence electrons. The normalized spacial score (nSPS) is 12.1. The smallest absolute Gasteiger partial charge is 0.346 e. The molecule has 1 atom stereocenters. The zero-order chi connectivity index (χ0) is 9.84. The Bertz CT molecular complexity index is 328. The van der Waals surface area contributed by atoms with Crippen LogP contribution >= 0.6 is 0 Å². The molecular weight excluding hydrogens is 179 g/mol. The number of rotatable bonds is 3. The van der Waals surface area contributed by atoms with Gasteiger partial charge in [-0.1, -0.05) is 0 Å². The number of hydrogen-bond donors (Lipinski definition) is 1. The van der Waals surface area contributed by atoms with Crippen LogP contribution in [-0.4, -0.2) is 33.0 Å². The molecular formula is C7H5FN2O3. The molecule has 1 aromatic rings. The van der Waals surface area contributed by atoms with E-state index in [1.54, 1.807) is 0 Å². The standard InChI is InChI=1S/C7H5FN2O3/c8-5(7(12)13)6(11)4-1-2-9-3-10-4/h1-3,5H,(H,12,13). The van der Waals surface area contributed by atoms with Gasteiger partial charge < -0.3 is 5.11 Å². The maximum atomic E-state index is 12.6. The van der Waals surface area contributed by atoms with Crippen molar-refractivity contribution in [2.24, 2.45) is 0 Å². The number of aromatic nitrogens is 2. The molecule has 0 aliphatic carbocycles. The van der Waals surface area contributed by atoms with Crippen LogP contribution < -0.4 is 0 Å². The Labute approximate surface area is 72.2 Å². The highest BCUT2D eigenvalue weighted by Crippen LogP contribution is 2.02. The first-order valence-electron chi connectivity index (χ1n) is 3.30. The first kappa shape index (κ1) is 9.24. The number of nitrogens with zero attached hydrogens (tertiary/aromatic N) is 2. The number of aliphatic carboxylic acids is 1. The molecule has 0 radical (unpaired) electrons. The van der Waals surface area contributed by atoms with Gasteiger partial charge in [0.25, 0.3) is 6.17 Å². The van der Waals surface area contributed by atoms with Crippen molar-refractivity contribution in [2.45, 2.75) is 6.17 Å². The molecule has 1 rings (SSSR count). The average Bonchev–Trinajstić information content (AvgIpc) is 2.17. The van der Waals surface area contributed by atoms with Gasteiger partial charge in [-0.3, -0.25) is 4.79 Å². The van der Waals surface area contributed by atoms with Gasteiger partial charge >= 0.3 is 5.97 Å². The number of ketones is 1. The Kier molecular flexibility index (Phi) is 2.63. The van der Waals surface area contributed by atoms with Gasteiger partial charge in [-0.15, -0.1) is 0 Å². The maximum Gasteiger partial charge on any atom is 0.346 e. The third kappa shape index (κ3) is 2.05. The van der Waals surface area contributed by atoms with Gasteiger partial charge in [0.05, 0.1) is 0 Å². The van der Waals surface area contributed by atoms with E-state index in [-0.39, 0.29) is 5.69 Å². The fourth-order valence-electron chi connectivity index (χ4n) is 0.678. The lowest BCUT2D eigenvalue weighted by molar-refractivity contribution is -0.140. The van der Waals surface area contributed by atoms with Crippen LogP contribution in [0.5, 0.6) is 0 Å². The Balaban J connectivity index is 2.86. The summed E-state index contributed by atoms with van der Waals surface area (Å²) in [5.74, 6) is -2.99. The number of carboxylic acid groups (broad SMARTS) is 1. The number of hydrogen-bond acceptors (Lipinski definition) is 4. The number of alkyl halides is 1. The van der Waals surface area contributed by atoms with Crippen LogP contribution in [0.3, 0.4) is 0 Å². The van der Waals surface area contributed by atoms with Crippen molar-refractivity contribution < 1.29 is 19.1 Å². The molecule has 6 heteroatoms. The highest BCUT2D eigenvalue weighted by Gasteiger charge is 2.27. The van der Waals surface area contributed by atoms with Crippen molar-refractivity contribution >= 4 is 11.8 Å². The first-order valence-corrected chi connectivity index (χ1v) is 3.30.